The highest BCUT2D eigenvalue weighted by Crippen LogP contribution is 2.26. The van der Waals surface area contributed by atoms with Crippen molar-refractivity contribution in [3.63, 3.8) is 0 Å². The molecule has 1 fully saturated rings. The maximum atomic E-state index is 7.88. The van der Waals surface area contributed by atoms with E-state index in [1.807, 2.05) is 6.92 Å². The Labute approximate surface area is 115 Å². The van der Waals surface area contributed by atoms with Gasteiger partial charge in [-0.2, -0.15) is 0 Å². The normalized spacial score (nSPS) is 24.7. The Morgan fingerprint density at radius 1 is 1.00 bits per heavy atom. The zero-order chi connectivity index (χ0) is 13.6. The number of aliphatic hydroxyl groups excluding tert-OH is 1. The molecule has 1 aliphatic carbocycles. The molecule has 0 aromatic rings. The molecule has 110 valence electrons. The monoisotopic (exact) mass is 257 g/mol. The fourth-order valence-corrected chi connectivity index (χ4v) is 2.75. The lowest BCUT2D eigenvalue weighted by molar-refractivity contribution is 0.276. The summed E-state index contributed by atoms with van der Waals surface area (Å²) in [5, 5.41) is 11.4. The molecule has 0 heterocycles. The van der Waals surface area contributed by atoms with E-state index in [9.17, 15) is 0 Å². The summed E-state index contributed by atoms with van der Waals surface area (Å²) in [6.45, 7) is 4.55. The Bertz CT molecular complexity index is 157. The molecule has 0 amide bonds. The zero-order valence-electron chi connectivity index (χ0n) is 12.9. The highest BCUT2D eigenvalue weighted by atomic mass is 16.2. The van der Waals surface area contributed by atoms with Gasteiger partial charge >= 0.3 is 0 Å². The van der Waals surface area contributed by atoms with Crippen LogP contribution in [0.15, 0.2) is 0 Å². The highest BCUT2D eigenvalue weighted by molar-refractivity contribution is 4.77. The standard InChI is InChI=1S/C13H27N.C3H8O/c1-3-4-9-12-10-7-5-6-8-11-13(12)14-2;1-2-3-4/h12-14H,3-11H2,1-2H3;4H,2-3H2,1H3. The molecule has 0 bridgehead atoms. The fraction of sp³-hybridized carbons (Fsp3) is 1.00. The van der Waals surface area contributed by atoms with E-state index < -0.39 is 0 Å². The molecule has 0 spiro atoms. The van der Waals surface area contributed by atoms with Crippen LogP contribution >= 0.6 is 0 Å². The van der Waals surface area contributed by atoms with E-state index in [4.69, 9.17) is 5.11 Å². The van der Waals surface area contributed by atoms with Crippen molar-refractivity contribution in [3.8, 4) is 0 Å². The lowest BCUT2D eigenvalue weighted by Gasteiger charge is -2.29. The van der Waals surface area contributed by atoms with Crippen LogP contribution in [0.5, 0.6) is 0 Å². The van der Waals surface area contributed by atoms with Crippen LogP contribution < -0.4 is 5.32 Å². The van der Waals surface area contributed by atoms with Crippen molar-refractivity contribution in [2.45, 2.75) is 84.1 Å². The van der Waals surface area contributed by atoms with Crippen molar-refractivity contribution >= 4 is 0 Å². The lowest BCUT2D eigenvalue weighted by atomic mass is 9.84. The van der Waals surface area contributed by atoms with Gasteiger partial charge in [-0.25, -0.2) is 0 Å². The van der Waals surface area contributed by atoms with Crippen LogP contribution in [0.2, 0.25) is 0 Å². The molecule has 18 heavy (non-hydrogen) atoms. The maximum Gasteiger partial charge on any atom is 0.0428 e. The van der Waals surface area contributed by atoms with Gasteiger partial charge in [-0.1, -0.05) is 52.4 Å². The lowest BCUT2D eigenvalue weighted by Crippen LogP contribution is -2.34. The molecule has 0 aromatic carbocycles. The molecule has 2 heteroatoms. The Hall–Kier alpha value is -0.0800. The minimum absolute atomic E-state index is 0.319. The minimum atomic E-state index is 0.319. The number of aliphatic hydroxyl groups is 1. The smallest absolute Gasteiger partial charge is 0.0428 e. The van der Waals surface area contributed by atoms with Gasteiger partial charge in [-0.05, 0) is 38.6 Å². The molecule has 2 N–H and O–H groups in total. The summed E-state index contributed by atoms with van der Waals surface area (Å²) in [6, 6.07) is 0.807. The van der Waals surface area contributed by atoms with Gasteiger partial charge in [0.15, 0.2) is 0 Å². The molecule has 0 aromatic heterocycles. The quantitative estimate of drug-likeness (QED) is 0.776. The van der Waals surface area contributed by atoms with Gasteiger partial charge in [0.1, 0.15) is 0 Å². The first-order valence-electron chi connectivity index (χ1n) is 8.08. The predicted octanol–water partition coefficient (Wildman–Crippen LogP) is 4.12. The fourth-order valence-electron chi connectivity index (χ4n) is 2.75. The summed E-state index contributed by atoms with van der Waals surface area (Å²) in [7, 11) is 2.14. The third-order valence-corrected chi connectivity index (χ3v) is 3.93. The van der Waals surface area contributed by atoms with Crippen LogP contribution in [-0.2, 0) is 0 Å². The predicted molar refractivity (Wildman–Crippen MR) is 80.9 cm³/mol. The highest BCUT2D eigenvalue weighted by Gasteiger charge is 2.20. The molecule has 2 atom stereocenters. The number of hydrogen-bond donors (Lipinski definition) is 2. The summed E-state index contributed by atoms with van der Waals surface area (Å²) < 4.78 is 0. The Balaban J connectivity index is 0.000000631. The largest absolute Gasteiger partial charge is 0.396 e. The van der Waals surface area contributed by atoms with Gasteiger partial charge in [0.2, 0.25) is 0 Å². The van der Waals surface area contributed by atoms with Gasteiger partial charge < -0.3 is 10.4 Å². The summed E-state index contributed by atoms with van der Waals surface area (Å²) in [4.78, 5) is 0. The van der Waals surface area contributed by atoms with E-state index >= 15 is 0 Å². The number of unbranched alkanes of at least 4 members (excludes halogenated alkanes) is 1. The number of hydrogen-bond acceptors (Lipinski definition) is 2. The second-order valence-electron chi connectivity index (χ2n) is 5.51. The average molecular weight is 257 g/mol. The van der Waals surface area contributed by atoms with Gasteiger partial charge in [0, 0.05) is 12.6 Å². The molecule has 2 nitrogen and oxygen atoms in total. The van der Waals surface area contributed by atoms with Crippen molar-refractivity contribution < 1.29 is 5.11 Å². The van der Waals surface area contributed by atoms with Crippen LogP contribution in [0.4, 0.5) is 0 Å². The van der Waals surface area contributed by atoms with E-state index in [0.29, 0.717) is 6.61 Å². The maximum absolute atomic E-state index is 7.88. The van der Waals surface area contributed by atoms with Crippen molar-refractivity contribution in [2.24, 2.45) is 5.92 Å². The summed E-state index contributed by atoms with van der Waals surface area (Å²) in [6.07, 6.45) is 13.8. The van der Waals surface area contributed by atoms with E-state index in [1.165, 1.54) is 57.8 Å². The van der Waals surface area contributed by atoms with Crippen LogP contribution in [0.25, 0.3) is 0 Å². The molecule has 0 radical (unpaired) electrons. The Morgan fingerprint density at radius 3 is 2.11 bits per heavy atom. The van der Waals surface area contributed by atoms with Crippen molar-refractivity contribution in [1.82, 2.24) is 5.32 Å². The summed E-state index contributed by atoms with van der Waals surface area (Å²) in [5.74, 6) is 0.959. The van der Waals surface area contributed by atoms with E-state index in [0.717, 1.165) is 18.4 Å². The topological polar surface area (TPSA) is 32.3 Å². The van der Waals surface area contributed by atoms with Crippen LogP contribution in [0.1, 0.15) is 78.1 Å². The van der Waals surface area contributed by atoms with Crippen molar-refractivity contribution in [1.29, 1.82) is 0 Å². The van der Waals surface area contributed by atoms with Gasteiger partial charge in [-0.15, -0.1) is 0 Å². The first kappa shape index (κ1) is 17.9. The van der Waals surface area contributed by atoms with Gasteiger partial charge in [-0.3, -0.25) is 0 Å². The van der Waals surface area contributed by atoms with Gasteiger partial charge in [0.25, 0.3) is 0 Å². The molecule has 1 aliphatic rings. The van der Waals surface area contributed by atoms with Crippen molar-refractivity contribution in [2.75, 3.05) is 13.7 Å². The minimum Gasteiger partial charge on any atom is -0.396 e. The van der Waals surface area contributed by atoms with Gasteiger partial charge in [0.05, 0.1) is 0 Å². The third kappa shape index (κ3) is 8.93. The van der Waals surface area contributed by atoms with Crippen LogP contribution in [-0.4, -0.2) is 24.8 Å². The molecular weight excluding hydrogens is 222 g/mol. The molecule has 1 rings (SSSR count). The molecule has 1 saturated carbocycles. The number of nitrogens with one attached hydrogen (secondary N) is 1. The summed E-state index contributed by atoms with van der Waals surface area (Å²) in [5.41, 5.74) is 0. The molecule has 0 saturated heterocycles. The first-order valence-corrected chi connectivity index (χ1v) is 8.08. The Kier molecular flexibility index (Phi) is 13.3. The second-order valence-corrected chi connectivity index (χ2v) is 5.51. The molecule has 0 aliphatic heterocycles. The van der Waals surface area contributed by atoms with E-state index in [-0.39, 0.29) is 0 Å². The second kappa shape index (κ2) is 13.4. The molecule has 2 unspecified atom stereocenters. The van der Waals surface area contributed by atoms with Crippen molar-refractivity contribution in [3.05, 3.63) is 0 Å². The first-order chi connectivity index (χ1) is 8.79. The third-order valence-electron chi connectivity index (χ3n) is 3.93. The zero-order valence-corrected chi connectivity index (χ0v) is 12.9. The number of rotatable bonds is 5. The van der Waals surface area contributed by atoms with Crippen LogP contribution in [0, 0.1) is 5.92 Å². The molecular formula is C16H35NO. The average Bonchev–Trinajstić information content (AvgIpc) is 2.38. The SMILES string of the molecule is CCCCC1CCCCCCC1NC.CCCO. The van der Waals surface area contributed by atoms with Crippen LogP contribution in [0.3, 0.4) is 0 Å². The summed E-state index contributed by atoms with van der Waals surface area (Å²) >= 11 is 0. The Morgan fingerprint density at radius 2 is 1.61 bits per heavy atom. The van der Waals surface area contributed by atoms with E-state index in [2.05, 4.69) is 19.3 Å². The van der Waals surface area contributed by atoms with E-state index in [1.54, 1.807) is 0 Å².